The molecule has 2 N–H and O–H groups in total. The van der Waals surface area contributed by atoms with Gasteiger partial charge in [0.15, 0.2) is 5.16 Å². The number of hydrogen-bond acceptors (Lipinski definition) is 4. The van der Waals surface area contributed by atoms with Gasteiger partial charge in [-0.3, -0.25) is 9.59 Å². The van der Waals surface area contributed by atoms with E-state index < -0.39 is 0 Å². The van der Waals surface area contributed by atoms with Gasteiger partial charge in [-0.05, 0) is 48.0 Å². The zero-order valence-electron chi connectivity index (χ0n) is 17.3. The minimum Gasteiger partial charge on any atom is -0.345 e. The van der Waals surface area contributed by atoms with E-state index in [2.05, 4.69) is 15.3 Å². The van der Waals surface area contributed by atoms with E-state index in [0.29, 0.717) is 22.6 Å². The summed E-state index contributed by atoms with van der Waals surface area (Å²) in [5.41, 5.74) is 4.66. The van der Waals surface area contributed by atoms with Crippen LogP contribution in [0.15, 0.2) is 78.0 Å². The summed E-state index contributed by atoms with van der Waals surface area (Å²) in [4.78, 5) is 34.3. The molecule has 4 aromatic rings. The molecule has 3 aromatic carbocycles. The zero-order valence-corrected chi connectivity index (χ0v) is 18.1. The molecule has 6 nitrogen and oxygen atoms in total. The Hall–Kier alpha value is -3.58. The molecule has 0 saturated carbocycles. The van der Waals surface area contributed by atoms with Gasteiger partial charge in [0.2, 0.25) is 0 Å². The Morgan fingerprint density at radius 2 is 1.68 bits per heavy atom. The van der Waals surface area contributed by atoms with Crippen molar-refractivity contribution in [3.63, 3.8) is 0 Å². The molecule has 1 aromatic heterocycles. The summed E-state index contributed by atoms with van der Waals surface area (Å²) in [5, 5.41) is 3.73. The molecule has 0 aliphatic carbocycles. The van der Waals surface area contributed by atoms with Crippen LogP contribution in [0.3, 0.4) is 0 Å². The van der Waals surface area contributed by atoms with Crippen LogP contribution in [0.25, 0.3) is 11.0 Å². The first-order valence-corrected chi connectivity index (χ1v) is 10.8. The molecule has 0 fully saturated rings. The van der Waals surface area contributed by atoms with Gasteiger partial charge in [0.1, 0.15) is 0 Å². The third kappa shape index (κ3) is 4.78. The van der Waals surface area contributed by atoms with Crippen LogP contribution in [-0.4, -0.2) is 40.8 Å². The molecule has 7 heteroatoms. The van der Waals surface area contributed by atoms with Crippen LogP contribution in [0, 0.1) is 0 Å². The fraction of sp³-hybridized carbons (Fsp3) is 0.125. The van der Waals surface area contributed by atoms with E-state index in [4.69, 9.17) is 0 Å². The fourth-order valence-corrected chi connectivity index (χ4v) is 4.05. The highest BCUT2D eigenvalue weighted by Gasteiger charge is 2.13. The molecule has 31 heavy (non-hydrogen) atoms. The number of aromatic nitrogens is 2. The number of fused-ring (bicyclic) bond motifs is 1. The molecule has 1 heterocycles. The van der Waals surface area contributed by atoms with Crippen molar-refractivity contribution in [2.75, 3.05) is 19.4 Å². The van der Waals surface area contributed by atoms with Crippen LogP contribution in [0.5, 0.6) is 0 Å². The van der Waals surface area contributed by atoms with E-state index in [1.54, 1.807) is 50.1 Å². The largest absolute Gasteiger partial charge is 0.345 e. The number of thioether (sulfide) groups is 1. The van der Waals surface area contributed by atoms with Gasteiger partial charge >= 0.3 is 0 Å². The van der Waals surface area contributed by atoms with Crippen LogP contribution < -0.4 is 5.32 Å². The van der Waals surface area contributed by atoms with Crippen molar-refractivity contribution in [1.82, 2.24) is 14.9 Å². The minimum absolute atomic E-state index is 0.0779. The van der Waals surface area contributed by atoms with Gasteiger partial charge in [-0.15, -0.1) is 0 Å². The molecule has 0 spiro atoms. The molecular weight excluding hydrogens is 408 g/mol. The van der Waals surface area contributed by atoms with E-state index >= 15 is 0 Å². The Morgan fingerprint density at radius 1 is 0.968 bits per heavy atom. The molecule has 156 valence electrons. The number of H-pyrrole nitrogens is 1. The summed E-state index contributed by atoms with van der Waals surface area (Å²) in [6, 6.07) is 22.3. The van der Waals surface area contributed by atoms with Crippen LogP contribution in [0.1, 0.15) is 26.3 Å². The lowest BCUT2D eigenvalue weighted by Gasteiger charge is -2.12. The lowest BCUT2D eigenvalue weighted by Crippen LogP contribution is -2.21. The molecule has 0 unspecified atom stereocenters. The van der Waals surface area contributed by atoms with Crippen LogP contribution in [0.4, 0.5) is 5.69 Å². The van der Waals surface area contributed by atoms with Crippen molar-refractivity contribution in [3.8, 4) is 0 Å². The summed E-state index contributed by atoms with van der Waals surface area (Å²) in [5.74, 6) is 0.345. The highest BCUT2D eigenvalue weighted by atomic mass is 32.2. The zero-order chi connectivity index (χ0) is 21.8. The lowest BCUT2D eigenvalue weighted by molar-refractivity contribution is 0.0827. The first kappa shape index (κ1) is 20.7. The number of nitrogens with zero attached hydrogens (tertiary/aromatic N) is 2. The Bertz CT molecular complexity index is 1200. The number of amides is 2. The Morgan fingerprint density at radius 3 is 2.42 bits per heavy atom. The lowest BCUT2D eigenvalue weighted by atomic mass is 10.1. The number of anilines is 1. The SMILES string of the molecule is CN(C)C(=O)c1ccc(NC(=O)c2ccccc2CSc2nc3ccccc3[nH]2)cc1. The smallest absolute Gasteiger partial charge is 0.255 e. The summed E-state index contributed by atoms with van der Waals surface area (Å²) in [6.45, 7) is 0. The molecule has 0 radical (unpaired) electrons. The van der Waals surface area contributed by atoms with Crippen molar-refractivity contribution in [2.24, 2.45) is 0 Å². The Labute approximate surface area is 184 Å². The Kier molecular flexibility index (Phi) is 6.04. The van der Waals surface area contributed by atoms with E-state index in [0.717, 1.165) is 21.8 Å². The van der Waals surface area contributed by atoms with Gasteiger partial charge in [-0.1, -0.05) is 42.1 Å². The van der Waals surface area contributed by atoms with Gasteiger partial charge in [0.25, 0.3) is 11.8 Å². The number of imidazole rings is 1. The van der Waals surface area contributed by atoms with Crippen molar-refractivity contribution >= 4 is 40.3 Å². The number of benzene rings is 3. The molecule has 0 saturated heterocycles. The van der Waals surface area contributed by atoms with Gasteiger partial charge < -0.3 is 15.2 Å². The first-order chi connectivity index (χ1) is 15.0. The summed E-state index contributed by atoms with van der Waals surface area (Å²) in [6.07, 6.45) is 0. The van der Waals surface area contributed by atoms with E-state index in [-0.39, 0.29) is 11.8 Å². The maximum atomic E-state index is 12.9. The van der Waals surface area contributed by atoms with Gasteiger partial charge in [-0.25, -0.2) is 4.98 Å². The molecule has 2 amide bonds. The highest BCUT2D eigenvalue weighted by Crippen LogP contribution is 2.25. The number of nitrogens with one attached hydrogen (secondary N) is 2. The maximum absolute atomic E-state index is 12.9. The van der Waals surface area contributed by atoms with E-state index in [1.165, 1.54) is 4.90 Å². The molecular formula is C24H22N4O2S. The number of hydrogen-bond donors (Lipinski definition) is 2. The molecule has 0 aliphatic heterocycles. The number of aromatic amines is 1. The van der Waals surface area contributed by atoms with Crippen LogP contribution in [-0.2, 0) is 5.75 Å². The normalized spacial score (nSPS) is 10.8. The average molecular weight is 431 g/mol. The summed E-state index contributed by atoms with van der Waals surface area (Å²) >= 11 is 1.56. The summed E-state index contributed by atoms with van der Waals surface area (Å²) < 4.78 is 0. The third-order valence-corrected chi connectivity index (χ3v) is 5.71. The number of para-hydroxylation sites is 2. The van der Waals surface area contributed by atoms with Crippen LogP contribution >= 0.6 is 11.8 Å². The second-order valence-electron chi connectivity index (χ2n) is 7.24. The van der Waals surface area contributed by atoms with Crippen LogP contribution in [0.2, 0.25) is 0 Å². The summed E-state index contributed by atoms with van der Waals surface area (Å²) in [7, 11) is 3.41. The Balaban J connectivity index is 1.46. The second kappa shape index (κ2) is 9.06. The van der Waals surface area contributed by atoms with Crippen molar-refractivity contribution in [2.45, 2.75) is 10.9 Å². The molecule has 0 atom stereocenters. The first-order valence-electron chi connectivity index (χ1n) is 9.80. The van der Waals surface area contributed by atoms with Crippen molar-refractivity contribution < 1.29 is 9.59 Å². The van der Waals surface area contributed by atoms with Gasteiger partial charge in [0.05, 0.1) is 11.0 Å². The predicted octanol–water partition coefficient (Wildman–Crippen LogP) is 4.81. The topological polar surface area (TPSA) is 78.1 Å². The minimum atomic E-state index is -0.188. The van der Waals surface area contributed by atoms with Gasteiger partial charge in [0, 0.05) is 36.7 Å². The average Bonchev–Trinajstić information content (AvgIpc) is 3.21. The third-order valence-electron chi connectivity index (χ3n) is 4.79. The van der Waals surface area contributed by atoms with E-state index in [1.807, 2.05) is 48.5 Å². The predicted molar refractivity (Wildman–Crippen MR) is 125 cm³/mol. The van der Waals surface area contributed by atoms with Gasteiger partial charge in [-0.2, -0.15) is 0 Å². The van der Waals surface area contributed by atoms with Crippen molar-refractivity contribution in [1.29, 1.82) is 0 Å². The number of carbonyl (C=O) groups is 2. The second-order valence-corrected chi connectivity index (χ2v) is 8.20. The number of rotatable bonds is 6. The molecule has 0 aliphatic rings. The molecule has 0 bridgehead atoms. The van der Waals surface area contributed by atoms with E-state index in [9.17, 15) is 9.59 Å². The fourth-order valence-electron chi connectivity index (χ4n) is 3.16. The monoisotopic (exact) mass is 430 g/mol. The maximum Gasteiger partial charge on any atom is 0.255 e. The molecule has 4 rings (SSSR count). The standard InChI is InChI=1S/C24H22N4O2S/c1-28(2)23(30)16-11-13-18(14-12-16)25-22(29)19-8-4-3-7-17(19)15-31-24-26-20-9-5-6-10-21(20)27-24/h3-14H,15H2,1-2H3,(H,25,29)(H,26,27). The highest BCUT2D eigenvalue weighted by molar-refractivity contribution is 7.98. The number of carbonyl (C=O) groups excluding carboxylic acids is 2. The van der Waals surface area contributed by atoms with Crippen molar-refractivity contribution in [3.05, 3.63) is 89.5 Å². The quantitative estimate of drug-likeness (QED) is 0.430.